The second-order valence-corrected chi connectivity index (χ2v) is 13.9. The highest BCUT2D eigenvalue weighted by molar-refractivity contribution is 5.84. The maximum atomic E-state index is 2.64. The molecule has 0 heteroatoms. The quantitative estimate of drug-likeness (QED) is 0.124. The molecule has 0 unspecified atom stereocenters. The van der Waals surface area contributed by atoms with Crippen LogP contribution in [0.4, 0.5) is 0 Å². The maximum Gasteiger partial charge on any atom is 0.0215 e. The molecule has 1 aliphatic carbocycles. The first-order chi connectivity index (χ1) is 21.0. The SMILES string of the molecule is CCCCCCCCc1cc(-c2ccc3c(c2)C(CCC)(CCC)c2cc(C)ccc2-3)c(CCCCCCCC)cc1C. The summed E-state index contributed by atoms with van der Waals surface area (Å²) in [6.45, 7) is 14.0. The normalized spacial score (nSPS) is 13.3. The summed E-state index contributed by atoms with van der Waals surface area (Å²) in [5.74, 6) is 0. The van der Waals surface area contributed by atoms with Crippen LogP contribution < -0.4 is 0 Å². The summed E-state index contributed by atoms with van der Waals surface area (Å²) in [6, 6.07) is 20.0. The highest BCUT2D eigenvalue weighted by Crippen LogP contribution is 2.55. The number of rotatable bonds is 19. The number of benzene rings is 3. The third-order valence-corrected chi connectivity index (χ3v) is 10.3. The van der Waals surface area contributed by atoms with E-state index in [4.69, 9.17) is 0 Å². The lowest BCUT2D eigenvalue weighted by Crippen LogP contribution is -2.25. The van der Waals surface area contributed by atoms with Gasteiger partial charge in [-0.3, -0.25) is 0 Å². The van der Waals surface area contributed by atoms with E-state index in [0.29, 0.717) is 0 Å². The molecular weight excluding hydrogens is 516 g/mol. The fraction of sp³-hybridized carbons (Fsp3) is 0.581. The summed E-state index contributed by atoms with van der Waals surface area (Å²) < 4.78 is 0. The zero-order valence-corrected chi connectivity index (χ0v) is 28.8. The van der Waals surface area contributed by atoms with Crippen LogP contribution in [0, 0.1) is 13.8 Å². The summed E-state index contributed by atoms with van der Waals surface area (Å²) in [7, 11) is 0. The van der Waals surface area contributed by atoms with E-state index < -0.39 is 0 Å². The van der Waals surface area contributed by atoms with Crippen LogP contribution in [0.2, 0.25) is 0 Å². The molecule has 0 spiro atoms. The third kappa shape index (κ3) is 8.04. The lowest BCUT2D eigenvalue weighted by molar-refractivity contribution is 0.436. The predicted octanol–water partition coefficient (Wildman–Crippen LogP) is 13.6. The average Bonchev–Trinajstić information content (AvgIpc) is 3.25. The van der Waals surface area contributed by atoms with Crippen molar-refractivity contribution in [3.05, 3.63) is 81.9 Å². The van der Waals surface area contributed by atoms with Gasteiger partial charge in [-0.25, -0.2) is 0 Å². The Hall–Kier alpha value is -2.34. The van der Waals surface area contributed by atoms with Gasteiger partial charge in [-0.05, 0) is 109 Å². The number of aryl methyl sites for hydroxylation is 4. The molecule has 234 valence electrons. The minimum Gasteiger partial charge on any atom is -0.0654 e. The number of unbranched alkanes of at least 4 members (excludes halogenated alkanes) is 10. The van der Waals surface area contributed by atoms with Gasteiger partial charge in [0.15, 0.2) is 0 Å². The summed E-state index contributed by atoms with van der Waals surface area (Å²) in [5, 5.41) is 0. The molecule has 0 aliphatic heterocycles. The van der Waals surface area contributed by atoms with E-state index in [1.807, 2.05) is 0 Å². The fourth-order valence-corrected chi connectivity index (χ4v) is 8.04. The Bertz CT molecular complexity index is 1290. The van der Waals surface area contributed by atoms with Gasteiger partial charge in [0, 0.05) is 5.41 Å². The molecule has 0 N–H and O–H groups in total. The maximum absolute atomic E-state index is 2.64. The van der Waals surface area contributed by atoms with Crippen LogP contribution in [-0.2, 0) is 18.3 Å². The molecule has 0 radical (unpaired) electrons. The second kappa shape index (κ2) is 16.7. The standard InChI is InChI=1S/C43H62/c1-7-11-13-15-17-19-21-35-31-40(36(30-34(35)6)22-20-18-16-14-12-8-2)37-24-26-39-38-25-23-33(5)29-41(38)43(27-9-3,28-10-4)42(39)32-37/h23-26,29-32H,7-22,27-28H2,1-6H3. The van der Waals surface area contributed by atoms with Crippen LogP contribution in [0.5, 0.6) is 0 Å². The highest BCUT2D eigenvalue weighted by atomic mass is 14.4. The molecule has 0 heterocycles. The first kappa shape index (κ1) is 33.6. The molecule has 0 saturated carbocycles. The Morgan fingerprint density at radius 1 is 0.465 bits per heavy atom. The molecule has 0 saturated heterocycles. The van der Waals surface area contributed by atoms with Gasteiger partial charge < -0.3 is 0 Å². The van der Waals surface area contributed by atoms with Crippen molar-refractivity contribution in [1.82, 2.24) is 0 Å². The van der Waals surface area contributed by atoms with E-state index in [9.17, 15) is 0 Å². The zero-order valence-electron chi connectivity index (χ0n) is 28.8. The van der Waals surface area contributed by atoms with Crippen molar-refractivity contribution in [3.8, 4) is 22.3 Å². The number of hydrogen-bond acceptors (Lipinski definition) is 0. The lowest BCUT2D eigenvalue weighted by atomic mass is 9.71. The van der Waals surface area contributed by atoms with E-state index in [2.05, 4.69) is 90.1 Å². The summed E-state index contributed by atoms with van der Waals surface area (Å²) in [4.78, 5) is 0. The van der Waals surface area contributed by atoms with Gasteiger partial charge in [0.1, 0.15) is 0 Å². The Kier molecular flexibility index (Phi) is 13.0. The molecule has 0 nitrogen and oxygen atoms in total. The second-order valence-electron chi connectivity index (χ2n) is 13.9. The monoisotopic (exact) mass is 578 g/mol. The molecule has 43 heavy (non-hydrogen) atoms. The highest BCUT2D eigenvalue weighted by Gasteiger charge is 2.42. The number of hydrogen-bond donors (Lipinski definition) is 0. The van der Waals surface area contributed by atoms with Crippen molar-refractivity contribution in [1.29, 1.82) is 0 Å². The van der Waals surface area contributed by atoms with Gasteiger partial charge in [0.05, 0.1) is 0 Å². The summed E-state index contributed by atoms with van der Waals surface area (Å²) in [6.07, 6.45) is 23.6. The van der Waals surface area contributed by atoms with Crippen LogP contribution in [0.3, 0.4) is 0 Å². The lowest BCUT2D eigenvalue weighted by Gasteiger charge is -2.32. The Morgan fingerprint density at radius 3 is 1.60 bits per heavy atom. The molecule has 4 rings (SSSR count). The molecule has 3 aromatic carbocycles. The van der Waals surface area contributed by atoms with Gasteiger partial charge in [-0.15, -0.1) is 0 Å². The van der Waals surface area contributed by atoms with Crippen LogP contribution in [-0.4, -0.2) is 0 Å². The Morgan fingerprint density at radius 2 is 1.00 bits per heavy atom. The smallest absolute Gasteiger partial charge is 0.0215 e. The van der Waals surface area contributed by atoms with Crippen LogP contribution in [0.1, 0.15) is 164 Å². The van der Waals surface area contributed by atoms with E-state index in [-0.39, 0.29) is 5.41 Å². The summed E-state index contributed by atoms with van der Waals surface area (Å²) >= 11 is 0. The van der Waals surface area contributed by atoms with Gasteiger partial charge in [-0.2, -0.15) is 0 Å². The van der Waals surface area contributed by atoms with E-state index in [0.717, 1.165) is 0 Å². The molecule has 0 fully saturated rings. The number of fused-ring (bicyclic) bond motifs is 3. The molecule has 0 bridgehead atoms. The van der Waals surface area contributed by atoms with Crippen molar-refractivity contribution in [2.45, 2.75) is 163 Å². The first-order valence-electron chi connectivity index (χ1n) is 18.4. The van der Waals surface area contributed by atoms with Crippen LogP contribution in [0.15, 0.2) is 48.5 Å². The zero-order chi connectivity index (χ0) is 30.7. The molecule has 0 atom stereocenters. The third-order valence-electron chi connectivity index (χ3n) is 10.3. The summed E-state index contributed by atoms with van der Waals surface area (Å²) in [5.41, 5.74) is 15.3. The van der Waals surface area contributed by atoms with Crippen molar-refractivity contribution in [2.24, 2.45) is 0 Å². The van der Waals surface area contributed by atoms with Crippen molar-refractivity contribution in [2.75, 3.05) is 0 Å². The Balaban J connectivity index is 1.71. The molecular formula is C43H62. The molecule has 0 amide bonds. The first-order valence-corrected chi connectivity index (χ1v) is 18.4. The van der Waals surface area contributed by atoms with Gasteiger partial charge in [-0.1, -0.05) is 153 Å². The van der Waals surface area contributed by atoms with E-state index in [1.54, 1.807) is 22.3 Å². The minimum absolute atomic E-state index is 0.141. The van der Waals surface area contributed by atoms with Crippen molar-refractivity contribution < 1.29 is 0 Å². The molecule has 0 aromatic heterocycles. The van der Waals surface area contributed by atoms with Crippen LogP contribution >= 0.6 is 0 Å². The largest absolute Gasteiger partial charge is 0.0654 e. The minimum atomic E-state index is 0.141. The average molecular weight is 579 g/mol. The van der Waals surface area contributed by atoms with Crippen molar-refractivity contribution in [3.63, 3.8) is 0 Å². The molecule has 3 aromatic rings. The Labute approximate surface area is 266 Å². The topological polar surface area (TPSA) is 0 Å². The predicted molar refractivity (Wildman–Crippen MR) is 192 cm³/mol. The molecule has 1 aliphatic rings. The van der Waals surface area contributed by atoms with E-state index >= 15 is 0 Å². The fourth-order valence-electron chi connectivity index (χ4n) is 8.04. The van der Waals surface area contributed by atoms with Gasteiger partial charge >= 0.3 is 0 Å². The van der Waals surface area contributed by atoms with Crippen LogP contribution in [0.25, 0.3) is 22.3 Å². The van der Waals surface area contributed by atoms with E-state index in [1.165, 1.54) is 149 Å². The van der Waals surface area contributed by atoms with Crippen molar-refractivity contribution >= 4 is 0 Å². The van der Waals surface area contributed by atoms with Gasteiger partial charge in [0.25, 0.3) is 0 Å². The van der Waals surface area contributed by atoms with Gasteiger partial charge in [0.2, 0.25) is 0 Å².